The molecule has 1 N–H and O–H groups in total. The van der Waals surface area contributed by atoms with Crippen LogP contribution in [0.1, 0.15) is 12.5 Å². The third-order valence-corrected chi connectivity index (χ3v) is 2.71. The van der Waals surface area contributed by atoms with Crippen molar-refractivity contribution in [2.75, 3.05) is 13.7 Å². The van der Waals surface area contributed by atoms with Crippen molar-refractivity contribution in [3.05, 3.63) is 29.8 Å². The molecule has 1 rings (SSSR count). The third kappa shape index (κ3) is 5.06. The average molecular weight is 279 g/mol. The van der Waals surface area contributed by atoms with E-state index < -0.39 is 18.9 Å². The van der Waals surface area contributed by atoms with Crippen LogP contribution < -0.4 is 10.1 Å². The highest BCUT2D eigenvalue weighted by molar-refractivity contribution is 5.27. The van der Waals surface area contributed by atoms with Gasteiger partial charge >= 0.3 is 12.3 Å². The Hall–Kier alpha value is -1.30. The molecule has 0 aliphatic heterocycles. The summed E-state index contributed by atoms with van der Waals surface area (Å²) in [5.74, 6) is -3.29. The Morgan fingerprint density at radius 2 is 1.79 bits per heavy atom. The van der Waals surface area contributed by atoms with Gasteiger partial charge < -0.3 is 10.1 Å². The van der Waals surface area contributed by atoms with Gasteiger partial charge in [0.1, 0.15) is 5.75 Å². The lowest BCUT2D eigenvalue weighted by atomic mass is 10.1. The predicted molar refractivity (Wildman–Crippen MR) is 65.1 cm³/mol. The van der Waals surface area contributed by atoms with Crippen molar-refractivity contribution in [2.24, 2.45) is 0 Å². The molecule has 0 saturated carbocycles. The van der Waals surface area contributed by atoms with Gasteiger partial charge in [-0.3, -0.25) is 0 Å². The van der Waals surface area contributed by atoms with Crippen LogP contribution in [0.2, 0.25) is 0 Å². The summed E-state index contributed by atoms with van der Waals surface area (Å²) < 4.78 is 54.4. The maximum Gasteiger partial charge on any atom is 0.319 e. The highest BCUT2D eigenvalue weighted by atomic mass is 19.3. The van der Waals surface area contributed by atoms with Crippen molar-refractivity contribution in [1.29, 1.82) is 0 Å². The van der Waals surface area contributed by atoms with E-state index in [4.69, 9.17) is 4.74 Å². The minimum Gasteiger partial charge on any atom is -0.497 e. The summed E-state index contributed by atoms with van der Waals surface area (Å²) in [6.45, 7) is 0.647. The zero-order valence-corrected chi connectivity index (χ0v) is 10.8. The fraction of sp³-hybridized carbons (Fsp3) is 0.538. The van der Waals surface area contributed by atoms with Crippen LogP contribution in [0.3, 0.4) is 0 Å². The smallest absolute Gasteiger partial charge is 0.319 e. The van der Waals surface area contributed by atoms with Crippen molar-refractivity contribution in [3.63, 3.8) is 0 Å². The number of methoxy groups -OCH3 is 1. The number of rotatable bonds is 7. The summed E-state index contributed by atoms with van der Waals surface area (Å²) in [7, 11) is 1.55. The fourth-order valence-electron chi connectivity index (χ4n) is 1.57. The Balaban J connectivity index is 2.44. The van der Waals surface area contributed by atoms with E-state index in [0.717, 1.165) is 5.56 Å². The van der Waals surface area contributed by atoms with E-state index in [9.17, 15) is 17.6 Å². The molecule has 19 heavy (non-hydrogen) atoms. The molecule has 0 fully saturated rings. The van der Waals surface area contributed by atoms with Crippen LogP contribution in [0.25, 0.3) is 0 Å². The number of nitrogens with one attached hydrogen (secondary N) is 1. The lowest BCUT2D eigenvalue weighted by Gasteiger charge is -2.20. The molecule has 0 radical (unpaired) electrons. The monoisotopic (exact) mass is 279 g/mol. The van der Waals surface area contributed by atoms with E-state index in [-0.39, 0.29) is 6.04 Å². The SMILES string of the molecule is COc1ccc(CC(C)NCC(F)(F)C(F)F)cc1. The molecular formula is C13H17F4NO. The van der Waals surface area contributed by atoms with E-state index in [1.54, 1.807) is 26.2 Å². The lowest BCUT2D eigenvalue weighted by Crippen LogP contribution is -2.42. The molecule has 1 aromatic carbocycles. The van der Waals surface area contributed by atoms with Crippen molar-refractivity contribution in [2.45, 2.75) is 31.7 Å². The van der Waals surface area contributed by atoms with Gasteiger partial charge in [-0.2, -0.15) is 8.78 Å². The molecule has 1 aromatic rings. The Labute approximate surface area is 109 Å². The largest absolute Gasteiger partial charge is 0.497 e. The van der Waals surface area contributed by atoms with E-state index in [0.29, 0.717) is 12.2 Å². The molecule has 0 aliphatic carbocycles. The van der Waals surface area contributed by atoms with Crippen molar-refractivity contribution in [3.8, 4) is 5.75 Å². The number of alkyl halides is 4. The van der Waals surface area contributed by atoms with Crippen LogP contribution in [0.4, 0.5) is 17.6 Å². The molecule has 108 valence electrons. The van der Waals surface area contributed by atoms with Crippen LogP contribution in [0.15, 0.2) is 24.3 Å². The maximum absolute atomic E-state index is 12.7. The van der Waals surface area contributed by atoms with Gasteiger partial charge in [0.15, 0.2) is 0 Å². The minimum absolute atomic E-state index is 0.321. The molecule has 0 saturated heterocycles. The molecule has 2 nitrogen and oxygen atoms in total. The van der Waals surface area contributed by atoms with Gasteiger partial charge in [0, 0.05) is 6.04 Å². The first kappa shape index (κ1) is 15.8. The standard InChI is InChI=1S/C13H17F4NO/c1-9(18-8-13(16,17)12(14)15)7-10-3-5-11(19-2)6-4-10/h3-6,9,12,18H,7-8H2,1-2H3. The van der Waals surface area contributed by atoms with Gasteiger partial charge in [-0.15, -0.1) is 0 Å². The van der Waals surface area contributed by atoms with E-state index >= 15 is 0 Å². The Morgan fingerprint density at radius 1 is 1.21 bits per heavy atom. The minimum atomic E-state index is -3.99. The summed E-state index contributed by atoms with van der Waals surface area (Å²) in [4.78, 5) is 0. The molecule has 0 bridgehead atoms. The second kappa shape index (κ2) is 6.75. The summed E-state index contributed by atoms with van der Waals surface area (Å²) in [6.07, 6.45) is -3.17. The Bertz CT molecular complexity index is 381. The van der Waals surface area contributed by atoms with Gasteiger partial charge in [0.25, 0.3) is 0 Å². The molecule has 0 spiro atoms. The third-order valence-electron chi connectivity index (χ3n) is 2.71. The van der Waals surface area contributed by atoms with Crippen molar-refractivity contribution < 1.29 is 22.3 Å². The first-order valence-electron chi connectivity index (χ1n) is 5.87. The fourth-order valence-corrected chi connectivity index (χ4v) is 1.57. The van der Waals surface area contributed by atoms with Gasteiger partial charge in [-0.1, -0.05) is 12.1 Å². The first-order valence-corrected chi connectivity index (χ1v) is 5.87. The maximum atomic E-state index is 12.7. The molecule has 0 aliphatic rings. The number of ether oxygens (including phenoxy) is 1. The normalized spacial score (nSPS) is 13.6. The number of hydrogen-bond acceptors (Lipinski definition) is 2. The average Bonchev–Trinajstić information content (AvgIpc) is 2.37. The molecular weight excluding hydrogens is 262 g/mol. The summed E-state index contributed by atoms with van der Waals surface area (Å²) in [5.41, 5.74) is 0.918. The topological polar surface area (TPSA) is 21.3 Å². The molecule has 0 amide bonds. The second-order valence-corrected chi connectivity index (χ2v) is 4.40. The molecule has 0 aromatic heterocycles. The Morgan fingerprint density at radius 3 is 2.26 bits per heavy atom. The lowest BCUT2D eigenvalue weighted by molar-refractivity contribution is -0.126. The van der Waals surface area contributed by atoms with Crippen LogP contribution >= 0.6 is 0 Å². The van der Waals surface area contributed by atoms with Gasteiger partial charge in [0.05, 0.1) is 13.7 Å². The second-order valence-electron chi connectivity index (χ2n) is 4.40. The van der Waals surface area contributed by atoms with Crippen LogP contribution in [0.5, 0.6) is 5.75 Å². The molecule has 1 atom stereocenters. The zero-order chi connectivity index (χ0) is 14.5. The summed E-state index contributed by atoms with van der Waals surface area (Å²) in [6, 6.07) is 6.81. The van der Waals surface area contributed by atoms with Crippen LogP contribution in [0, 0.1) is 0 Å². The van der Waals surface area contributed by atoms with Gasteiger partial charge in [-0.25, -0.2) is 8.78 Å². The van der Waals surface area contributed by atoms with Crippen LogP contribution in [-0.2, 0) is 6.42 Å². The van der Waals surface area contributed by atoms with E-state index in [1.165, 1.54) is 0 Å². The highest BCUT2D eigenvalue weighted by Gasteiger charge is 2.40. The van der Waals surface area contributed by atoms with E-state index in [2.05, 4.69) is 5.32 Å². The predicted octanol–water partition coefficient (Wildman–Crippen LogP) is 3.12. The van der Waals surface area contributed by atoms with E-state index in [1.807, 2.05) is 12.1 Å². The summed E-state index contributed by atoms with van der Waals surface area (Å²) >= 11 is 0. The number of benzene rings is 1. The molecule has 1 unspecified atom stereocenters. The Kier molecular flexibility index (Phi) is 5.60. The van der Waals surface area contributed by atoms with Crippen molar-refractivity contribution >= 4 is 0 Å². The highest BCUT2D eigenvalue weighted by Crippen LogP contribution is 2.21. The molecule has 6 heteroatoms. The zero-order valence-electron chi connectivity index (χ0n) is 10.8. The van der Waals surface area contributed by atoms with Gasteiger partial charge in [-0.05, 0) is 31.0 Å². The number of halogens is 4. The molecule has 0 heterocycles. The quantitative estimate of drug-likeness (QED) is 0.774. The summed E-state index contributed by atoms with van der Waals surface area (Å²) in [5, 5.41) is 2.42. The van der Waals surface area contributed by atoms with Gasteiger partial charge in [0.2, 0.25) is 0 Å². The number of hydrogen-bond donors (Lipinski definition) is 1. The first-order chi connectivity index (χ1) is 8.85. The van der Waals surface area contributed by atoms with Crippen LogP contribution in [-0.4, -0.2) is 32.0 Å². The van der Waals surface area contributed by atoms with Crippen molar-refractivity contribution in [1.82, 2.24) is 5.32 Å².